The van der Waals surface area contributed by atoms with Crippen LogP contribution in [0.25, 0.3) is 0 Å². The van der Waals surface area contributed by atoms with E-state index >= 15 is 0 Å². The number of rotatable bonds is 9. The van der Waals surface area contributed by atoms with Crippen molar-refractivity contribution in [3.8, 4) is 0 Å². The second-order valence-electron chi connectivity index (χ2n) is 8.65. The predicted molar refractivity (Wildman–Crippen MR) is 146 cm³/mol. The summed E-state index contributed by atoms with van der Waals surface area (Å²) in [6.45, 7) is 4.17. The molecular weight excluding hydrogens is 506 g/mol. The number of carbonyl (C=O) groups excluding carboxylic acids is 4. The Bertz CT molecular complexity index is 1430. The molecule has 1 heterocycles. The minimum atomic E-state index is -0.718. The second kappa shape index (κ2) is 11.7. The van der Waals surface area contributed by atoms with Crippen LogP contribution in [0.15, 0.2) is 83.5 Å². The summed E-state index contributed by atoms with van der Waals surface area (Å²) >= 11 is 6.24. The summed E-state index contributed by atoms with van der Waals surface area (Å²) in [5.74, 6) is -2.21. The predicted octanol–water partition coefficient (Wildman–Crippen LogP) is 5.64. The molecule has 0 aromatic heterocycles. The van der Waals surface area contributed by atoms with E-state index in [-0.39, 0.29) is 34.5 Å². The lowest BCUT2D eigenvalue weighted by atomic mass is 10.1. The van der Waals surface area contributed by atoms with Crippen molar-refractivity contribution in [3.63, 3.8) is 0 Å². The zero-order chi connectivity index (χ0) is 27.2. The van der Waals surface area contributed by atoms with Crippen LogP contribution in [0.1, 0.15) is 46.0 Å². The van der Waals surface area contributed by atoms with Crippen molar-refractivity contribution in [1.82, 2.24) is 0 Å². The van der Waals surface area contributed by atoms with Gasteiger partial charge < -0.3 is 15.4 Å². The van der Waals surface area contributed by atoms with E-state index in [0.717, 1.165) is 23.3 Å². The number of hydrogen-bond acceptors (Lipinski definition) is 6. The van der Waals surface area contributed by atoms with Gasteiger partial charge in [0.2, 0.25) is 0 Å². The summed E-state index contributed by atoms with van der Waals surface area (Å²) in [6.07, 6.45) is 1.62. The number of ether oxygens (including phenoxy) is 1. The van der Waals surface area contributed by atoms with Crippen LogP contribution in [0.5, 0.6) is 0 Å². The Morgan fingerprint density at radius 1 is 0.921 bits per heavy atom. The number of nitrogens with one attached hydrogen (secondary N) is 2. The average Bonchev–Trinajstić information content (AvgIpc) is 3.13. The average molecular weight is 532 g/mol. The molecule has 3 aromatic rings. The SMILES string of the molecule is CCCCOC(=O)c1cccc(N2C(=O)C(Cl)=C(Nc3ccc(C(=O)Nc4ccccc4C)cc3)C2=O)c1. The molecule has 2 N–H and O–H groups in total. The monoisotopic (exact) mass is 531 g/mol. The highest BCUT2D eigenvalue weighted by Gasteiger charge is 2.39. The fourth-order valence-corrected chi connectivity index (χ4v) is 3.98. The molecule has 38 heavy (non-hydrogen) atoms. The number of hydrogen-bond donors (Lipinski definition) is 2. The molecule has 3 aromatic carbocycles. The minimum absolute atomic E-state index is 0.107. The second-order valence-corrected chi connectivity index (χ2v) is 9.02. The molecule has 0 unspecified atom stereocenters. The summed E-state index contributed by atoms with van der Waals surface area (Å²) < 4.78 is 5.22. The largest absolute Gasteiger partial charge is 0.462 e. The molecule has 0 saturated heterocycles. The molecule has 0 aliphatic carbocycles. The lowest BCUT2D eigenvalue weighted by Gasteiger charge is -2.16. The summed E-state index contributed by atoms with van der Waals surface area (Å²) in [7, 11) is 0. The lowest BCUT2D eigenvalue weighted by Crippen LogP contribution is -2.32. The molecule has 194 valence electrons. The van der Waals surface area contributed by atoms with Gasteiger partial charge >= 0.3 is 5.97 Å². The van der Waals surface area contributed by atoms with E-state index in [4.69, 9.17) is 16.3 Å². The number of carbonyl (C=O) groups is 4. The van der Waals surface area contributed by atoms with Crippen molar-refractivity contribution in [2.45, 2.75) is 26.7 Å². The third kappa shape index (κ3) is 5.76. The Labute approximate surface area is 225 Å². The van der Waals surface area contributed by atoms with E-state index in [2.05, 4.69) is 10.6 Å². The van der Waals surface area contributed by atoms with Gasteiger partial charge in [0, 0.05) is 16.9 Å². The molecule has 3 amide bonds. The summed E-state index contributed by atoms with van der Waals surface area (Å²) in [5.41, 5.74) is 2.83. The van der Waals surface area contributed by atoms with Gasteiger partial charge in [-0.05, 0) is 67.4 Å². The van der Waals surface area contributed by atoms with E-state index in [1.165, 1.54) is 12.1 Å². The van der Waals surface area contributed by atoms with Crippen LogP contribution in [-0.4, -0.2) is 30.3 Å². The van der Waals surface area contributed by atoms with Gasteiger partial charge in [-0.3, -0.25) is 14.4 Å². The van der Waals surface area contributed by atoms with Crippen molar-refractivity contribution in [1.29, 1.82) is 0 Å². The number of unbranched alkanes of at least 4 members (excludes halogenated alkanes) is 1. The first-order valence-electron chi connectivity index (χ1n) is 12.1. The van der Waals surface area contributed by atoms with Crippen LogP contribution in [0, 0.1) is 6.92 Å². The molecule has 0 bridgehead atoms. The maximum absolute atomic E-state index is 13.2. The molecule has 9 heteroatoms. The van der Waals surface area contributed by atoms with E-state index in [9.17, 15) is 19.2 Å². The lowest BCUT2D eigenvalue weighted by molar-refractivity contribution is -0.120. The van der Waals surface area contributed by atoms with Crippen LogP contribution in [-0.2, 0) is 14.3 Å². The molecule has 8 nitrogen and oxygen atoms in total. The van der Waals surface area contributed by atoms with Crippen molar-refractivity contribution >= 4 is 52.4 Å². The number of amides is 3. The molecule has 0 radical (unpaired) electrons. The Kier molecular flexibility index (Phi) is 8.23. The van der Waals surface area contributed by atoms with Gasteiger partial charge in [-0.15, -0.1) is 0 Å². The maximum atomic E-state index is 13.2. The molecule has 0 atom stereocenters. The normalized spacial score (nSPS) is 13.1. The van der Waals surface area contributed by atoms with E-state index < -0.39 is 17.8 Å². The first-order valence-corrected chi connectivity index (χ1v) is 12.5. The molecule has 0 fully saturated rings. The molecule has 4 rings (SSSR count). The van der Waals surface area contributed by atoms with Gasteiger partial charge in [0.25, 0.3) is 17.7 Å². The number of esters is 1. The summed E-state index contributed by atoms with van der Waals surface area (Å²) in [4.78, 5) is 51.9. The van der Waals surface area contributed by atoms with Gasteiger partial charge in [0.1, 0.15) is 10.7 Å². The van der Waals surface area contributed by atoms with Crippen molar-refractivity contribution in [2.75, 3.05) is 22.1 Å². The third-order valence-electron chi connectivity index (χ3n) is 5.91. The van der Waals surface area contributed by atoms with Gasteiger partial charge in [-0.25, -0.2) is 9.69 Å². The standard InChI is InChI=1S/C29H26ClN3O5/c1-3-4-16-38-29(37)20-9-7-10-22(17-20)33-27(35)24(30)25(28(33)36)31-21-14-12-19(13-15-21)26(34)32-23-11-6-5-8-18(23)2/h5-15,17,31H,3-4,16H2,1-2H3,(H,32,34). The number of para-hydroxylation sites is 1. The first kappa shape index (κ1) is 26.6. The van der Waals surface area contributed by atoms with Crippen molar-refractivity contribution in [2.24, 2.45) is 0 Å². The number of halogens is 1. The van der Waals surface area contributed by atoms with Crippen LogP contribution in [0.4, 0.5) is 17.1 Å². The number of imide groups is 1. The van der Waals surface area contributed by atoms with Gasteiger partial charge in [0.15, 0.2) is 0 Å². The number of aryl methyl sites for hydroxylation is 1. The van der Waals surface area contributed by atoms with Crippen LogP contribution < -0.4 is 15.5 Å². The maximum Gasteiger partial charge on any atom is 0.338 e. The Balaban J connectivity index is 1.46. The number of benzene rings is 3. The van der Waals surface area contributed by atoms with E-state index in [0.29, 0.717) is 16.9 Å². The highest BCUT2D eigenvalue weighted by molar-refractivity contribution is 6.53. The topological polar surface area (TPSA) is 105 Å². The summed E-state index contributed by atoms with van der Waals surface area (Å²) in [5, 5.41) is 5.46. The van der Waals surface area contributed by atoms with E-state index in [1.807, 2.05) is 38.1 Å². The Morgan fingerprint density at radius 2 is 1.66 bits per heavy atom. The highest BCUT2D eigenvalue weighted by Crippen LogP contribution is 2.31. The third-order valence-corrected chi connectivity index (χ3v) is 6.26. The van der Waals surface area contributed by atoms with Crippen LogP contribution in [0.2, 0.25) is 0 Å². The van der Waals surface area contributed by atoms with Gasteiger partial charge in [-0.2, -0.15) is 0 Å². The van der Waals surface area contributed by atoms with Crippen LogP contribution in [0.3, 0.4) is 0 Å². The zero-order valence-electron chi connectivity index (χ0n) is 20.9. The van der Waals surface area contributed by atoms with Crippen LogP contribution >= 0.6 is 11.6 Å². The fraction of sp³-hybridized carbons (Fsp3) is 0.172. The van der Waals surface area contributed by atoms with E-state index in [1.54, 1.807) is 36.4 Å². The number of nitrogens with zero attached hydrogens (tertiary/aromatic N) is 1. The Hall–Kier alpha value is -4.43. The van der Waals surface area contributed by atoms with Gasteiger partial charge in [-0.1, -0.05) is 49.2 Å². The Morgan fingerprint density at radius 3 is 2.37 bits per heavy atom. The summed E-state index contributed by atoms with van der Waals surface area (Å²) in [6, 6.07) is 19.9. The minimum Gasteiger partial charge on any atom is -0.462 e. The molecule has 1 aliphatic heterocycles. The smallest absolute Gasteiger partial charge is 0.338 e. The number of anilines is 3. The molecule has 0 saturated carbocycles. The van der Waals surface area contributed by atoms with Crippen molar-refractivity contribution < 1.29 is 23.9 Å². The fourth-order valence-electron chi connectivity index (χ4n) is 3.77. The highest BCUT2D eigenvalue weighted by atomic mass is 35.5. The van der Waals surface area contributed by atoms with Gasteiger partial charge in [0.05, 0.1) is 17.9 Å². The molecule has 1 aliphatic rings. The zero-order valence-corrected chi connectivity index (χ0v) is 21.7. The molecule has 0 spiro atoms. The first-order chi connectivity index (χ1) is 18.3. The van der Waals surface area contributed by atoms with Crippen molar-refractivity contribution in [3.05, 3.63) is 100 Å². The molecular formula is C29H26ClN3O5. The quantitative estimate of drug-likeness (QED) is 0.210.